The van der Waals surface area contributed by atoms with Gasteiger partial charge in [0.25, 0.3) is 5.69 Å². The standard InChI is InChI=1S/C14H10F2N2O3/c1-7-5-8(21-14(15)16)6-9-12-10(17-13(7)9)3-2-4-11(12)18(19)20/h2-7,14H,1H3. The molecule has 1 aliphatic heterocycles. The van der Waals surface area contributed by atoms with Crippen molar-refractivity contribution in [2.75, 3.05) is 0 Å². The number of rotatable bonds is 3. The molecule has 0 aromatic heterocycles. The molecule has 1 aromatic rings. The van der Waals surface area contributed by atoms with Crippen molar-refractivity contribution in [1.82, 2.24) is 0 Å². The number of halogens is 2. The van der Waals surface area contributed by atoms with E-state index in [9.17, 15) is 18.9 Å². The molecule has 1 atom stereocenters. The van der Waals surface area contributed by atoms with Crippen LogP contribution in [-0.4, -0.2) is 17.2 Å². The van der Waals surface area contributed by atoms with Crippen molar-refractivity contribution < 1.29 is 18.4 Å². The summed E-state index contributed by atoms with van der Waals surface area (Å²) in [5.41, 5.74) is 1.84. The zero-order chi connectivity index (χ0) is 15.1. The molecule has 0 amide bonds. The van der Waals surface area contributed by atoms with Gasteiger partial charge in [-0.05, 0) is 18.2 Å². The van der Waals surface area contributed by atoms with Crippen LogP contribution in [0.2, 0.25) is 0 Å². The number of aliphatic imine (C=N–C) groups is 1. The van der Waals surface area contributed by atoms with Crippen molar-refractivity contribution in [1.29, 1.82) is 0 Å². The van der Waals surface area contributed by atoms with E-state index >= 15 is 0 Å². The number of fused-ring (bicyclic) bond motifs is 3. The number of alkyl halides is 2. The third-order valence-corrected chi connectivity index (χ3v) is 3.36. The summed E-state index contributed by atoms with van der Waals surface area (Å²) in [5.74, 6) is -0.261. The first-order chi connectivity index (χ1) is 9.97. The molecule has 5 nitrogen and oxygen atoms in total. The summed E-state index contributed by atoms with van der Waals surface area (Å²) in [6, 6.07) is 4.58. The lowest BCUT2D eigenvalue weighted by molar-refractivity contribution is -0.385. The van der Waals surface area contributed by atoms with Crippen molar-refractivity contribution in [2.45, 2.75) is 13.5 Å². The number of nitro benzene ring substituents is 1. The second-order valence-electron chi connectivity index (χ2n) is 4.72. The van der Waals surface area contributed by atoms with Gasteiger partial charge in [0.1, 0.15) is 5.76 Å². The lowest BCUT2D eigenvalue weighted by atomic mass is 9.89. The first-order valence-electron chi connectivity index (χ1n) is 6.22. The van der Waals surface area contributed by atoms with Gasteiger partial charge >= 0.3 is 6.61 Å². The Morgan fingerprint density at radius 2 is 2.19 bits per heavy atom. The highest BCUT2D eigenvalue weighted by atomic mass is 19.3. The molecule has 0 bridgehead atoms. The number of allylic oxidation sites excluding steroid dienone is 3. The average Bonchev–Trinajstić information content (AvgIpc) is 2.77. The number of nitrogens with zero attached hydrogens (tertiary/aromatic N) is 2. The fourth-order valence-electron chi connectivity index (χ4n) is 2.55. The van der Waals surface area contributed by atoms with E-state index in [0.29, 0.717) is 22.5 Å². The van der Waals surface area contributed by atoms with Gasteiger partial charge in [0.15, 0.2) is 0 Å². The Morgan fingerprint density at radius 3 is 2.86 bits per heavy atom. The number of ether oxygens (including phenoxy) is 1. The number of nitro groups is 1. The molecule has 0 spiro atoms. The minimum Gasteiger partial charge on any atom is -0.435 e. The first kappa shape index (κ1) is 13.4. The van der Waals surface area contributed by atoms with E-state index < -0.39 is 11.5 Å². The van der Waals surface area contributed by atoms with E-state index in [1.807, 2.05) is 0 Å². The zero-order valence-electron chi connectivity index (χ0n) is 10.9. The average molecular weight is 292 g/mol. The van der Waals surface area contributed by atoms with Crippen molar-refractivity contribution in [2.24, 2.45) is 10.9 Å². The molecule has 108 valence electrons. The molecular formula is C14H10F2N2O3. The van der Waals surface area contributed by atoms with E-state index in [1.165, 1.54) is 18.2 Å². The lowest BCUT2D eigenvalue weighted by Crippen LogP contribution is -2.15. The van der Waals surface area contributed by atoms with Crippen LogP contribution in [0.25, 0.3) is 5.57 Å². The van der Waals surface area contributed by atoms with E-state index in [1.54, 1.807) is 19.1 Å². The molecule has 2 aliphatic rings. The van der Waals surface area contributed by atoms with E-state index in [4.69, 9.17) is 0 Å². The maximum absolute atomic E-state index is 12.4. The molecule has 0 fully saturated rings. The quantitative estimate of drug-likeness (QED) is 0.628. The maximum atomic E-state index is 12.4. The number of hydrogen-bond donors (Lipinski definition) is 0. The molecular weight excluding hydrogens is 282 g/mol. The zero-order valence-corrected chi connectivity index (χ0v) is 10.9. The molecule has 1 aromatic carbocycles. The van der Waals surface area contributed by atoms with Crippen LogP contribution in [0.4, 0.5) is 20.2 Å². The SMILES string of the molecule is CC1C=C(OC(F)F)C=C2C1=Nc1cccc([N+](=O)[O-])c12. The van der Waals surface area contributed by atoms with Gasteiger partial charge in [-0.15, -0.1) is 0 Å². The fourth-order valence-corrected chi connectivity index (χ4v) is 2.55. The molecule has 1 unspecified atom stereocenters. The van der Waals surface area contributed by atoms with Gasteiger partial charge in [0.05, 0.1) is 21.9 Å². The summed E-state index contributed by atoms with van der Waals surface area (Å²) >= 11 is 0. The number of hydrogen-bond acceptors (Lipinski definition) is 4. The van der Waals surface area contributed by atoms with Crippen molar-refractivity contribution >= 4 is 22.7 Å². The van der Waals surface area contributed by atoms with Crippen LogP contribution in [0.3, 0.4) is 0 Å². The Morgan fingerprint density at radius 1 is 1.43 bits per heavy atom. The van der Waals surface area contributed by atoms with Gasteiger partial charge in [0, 0.05) is 17.6 Å². The van der Waals surface area contributed by atoms with Crippen LogP contribution in [-0.2, 0) is 4.74 Å². The van der Waals surface area contributed by atoms with Crippen LogP contribution in [0.15, 0.2) is 41.1 Å². The molecule has 1 aliphatic carbocycles. The Balaban J connectivity index is 2.13. The van der Waals surface area contributed by atoms with Gasteiger partial charge in [-0.2, -0.15) is 8.78 Å². The molecule has 7 heteroatoms. The summed E-state index contributed by atoms with van der Waals surface area (Å²) in [4.78, 5) is 15.0. The molecule has 21 heavy (non-hydrogen) atoms. The highest BCUT2D eigenvalue weighted by Gasteiger charge is 2.33. The Labute approximate surface area is 118 Å². The Kier molecular flexibility index (Phi) is 3.04. The predicted molar refractivity (Wildman–Crippen MR) is 72.5 cm³/mol. The smallest absolute Gasteiger partial charge is 0.387 e. The van der Waals surface area contributed by atoms with Gasteiger partial charge in [-0.25, -0.2) is 0 Å². The van der Waals surface area contributed by atoms with Gasteiger partial charge in [-0.1, -0.05) is 13.0 Å². The molecule has 0 saturated carbocycles. The second-order valence-corrected chi connectivity index (χ2v) is 4.72. The molecule has 0 radical (unpaired) electrons. The largest absolute Gasteiger partial charge is 0.435 e. The normalized spacial score (nSPS) is 19.4. The monoisotopic (exact) mass is 292 g/mol. The third kappa shape index (κ3) is 2.20. The van der Waals surface area contributed by atoms with E-state index in [-0.39, 0.29) is 17.4 Å². The third-order valence-electron chi connectivity index (χ3n) is 3.36. The van der Waals surface area contributed by atoms with Gasteiger partial charge < -0.3 is 4.74 Å². The number of benzene rings is 1. The molecule has 0 saturated heterocycles. The maximum Gasteiger partial charge on any atom is 0.387 e. The topological polar surface area (TPSA) is 64.7 Å². The van der Waals surface area contributed by atoms with E-state index in [0.717, 1.165) is 0 Å². The Bertz CT molecular complexity index is 723. The van der Waals surface area contributed by atoms with E-state index in [2.05, 4.69) is 9.73 Å². The van der Waals surface area contributed by atoms with Crippen molar-refractivity contribution in [3.63, 3.8) is 0 Å². The van der Waals surface area contributed by atoms with Crippen molar-refractivity contribution in [3.8, 4) is 0 Å². The molecule has 0 N–H and O–H groups in total. The summed E-state index contributed by atoms with van der Waals surface area (Å²) in [6.07, 6.45) is 2.90. The van der Waals surface area contributed by atoms with Crippen LogP contribution in [0.5, 0.6) is 0 Å². The minimum absolute atomic E-state index is 0.00236. The molecule has 3 rings (SSSR count). The molecule has 1 heterocycles. The van der Waals surface area contributed by atoms with Crippen LogP contribution in [0.1, 0.15) is 12.5 Å². The lowest BCUT2D eigenvalue weighted by Gasteiger charge is -2.17. The highest BCUT2D eigenvalue weighted by molar-refractivity contribution is 6.32. The van der Waals surface area contributed by atoms with Crippen LogP contribution >= 0.6 is 0 Å². The van der Waals surface area contributed by atoms with Gasteiger partial charge in [0.2, 0.25) is 0 Å². The summed E-state index contributed by atoms with van der Waals surface area (Å²) in [5, 5.41) is 11.1. The second kappa shape index (κ2) is 4.76. The van der Waals surface area contributed by atoms with Crippen LogP contribution in [0, 0.1) is 16.0 Å². The Hall–Kier alpha value is -2.57. The summed E-state index contributed by atoms with van der Waals surface area (Å²) in [7, 11) is 0. The summed E-state index contributed by atoms with van der Waals surface area (Å²) in [6.45, 7) is -1.16. The van der Waals surface area contributed by atoms with Crippen molar-refractivity contribution in [3.05, 3.63) is 51.8 Å². The van der Waals surface area contributed by atoms with Crippen LogP contribution < -0.4 is 0 Å². The minimum atomic E-state index is -2.94. The summed E-state index contributed by atoms with van der Waals surface area (Å²) < 4.78 is 29.1. The predicted octanol–water partition coefficient (Wildman–Crippen LogP) is 3.84. The van der Waals surface area contributed by atoms with Gasteiger partial charge in [-0.3, -0.25) is 15.1 Å². The first-order valence-corrected chi connectivity index (χ1v) is 6.22. The fraction of sp³-hybridized carbons (Fsp3) is 0.214. The highest BCUT2D eigenvalue weighted by Crippen LogP contribution is 2.44.